The van der Waals surface area contributed by atoms with Gasteiger partial charge in [0.25, 0.3) is 0 Å². The van der Waals surface area contributed by atoms with Crippen LogP contribution in [0.3, 0.4) is 0 Å². The van der Waals surface area contributed by atoms with Crippen LogP contribution in [0.5, 0.6) is 11.5 Å². The number of nitrogens with zero attached hydrogens (tertiary/aromatic N) is 2. The highest BCUT2D eigenvalue weighted by Gasteiger charge is 2.18. The molecule has 0 radical (unpaired) electrons. The van der Waals surface area contributed by atoms with Gasteiger partial charge in [0.1, 0.15) is 5.82 Å². The molecule has 0 spiro atoms. The lowest BCUT2D eigenvalue weighted by atomic mass is 10.2. The van der Waals surface area contributed by atoms with Crippen molar-refractivity contribution in [1.29, 1.82) is 0 Å². The Hall–Kier alpha value is -1.75. The molecule has 0 aliphatic carbocycles. The second kappa shape index (κ2) is 4.17. The first-order chi connectivity index (χ1) is 8.69. The van der Waals surface area contributed by atoms with Gasteiger partial charge in [-0.05, 0) is 13.3 Å². The number of ether oxygens (including phenoxy) is 2. The van der Waals surface area contributed by atoms with Crippen molar-refractivity contribution in [3.05, 3.63) is 18.0 Å². The Labute approximate surface area is 106 Å². The summed E-state index contributed by atoms with van der Waals surface area (Å²) in [5, 5.41) is 0. The van der Waals surface area contributed by atoms with Gasteiger partial charge in [-0.1, -0.05) is 6.92 Å². The normalized spacial score (nSPS) is 15.3. The van der Waals surface area contributed by atoms with Gasteiger partial charge in [0.05, 0.1) is 11.0 Å². The van der Waals surface area contributed by atoms with E-state index in [1.54, 1.807) is 0 Å². The molecular formula is C13H17N3O2. The predicted octanol–water partition coefficient (Wildman–Crippen LogP) is 1.81. The summed E-state index contributed by atoms with van der Waals surface area (Å²) in [6.07, 6.45) is 0.948. The van der Waals surface area contributed by atoms with E-state index >= 15 is 0 Å². The van der Waals surface area contributed by atoms with Crippen molar-refractivity contribution in [2.45, 2.75) is 32.9 Å². The van der Waals surface area contributed by atoms with Gasteiger partial charge in [-0.3, -0.25) is 0 Å². The molecule has 2 heterocycles. The predicted molar refractivity (Wildman–Crippen MR) is 68.9 cm³/mol. The highest BCUT2D eigenvalue weighted by molar-refractivity contribution is 5.81. The van der Waals surface area contributed by atoms with E-state index in [-0.39, 0.29) is 12.8 Å². The first kappa shape index (κ1) is 11.3. The van der Waals surface area contributed by atoms with Gasteiger partial charge in [-0.2, -0.15) is 0 Å². The van der Waals surface area contributed by atoms with E-state index in [9.17, 15) is 0 Å². The molecule has 1 unspecified atom stereocenters. The summed E-state index contributed by atoms with van der Waals surface area (Å²) in [6, 6.07) is 4.06. The van der Waals surface area contributed by atoms with Gasteiger partial charge in [0.15, 0.2) is 11.5 Å². The molecule has 1 atom stereocenters. The van der Waals surface area contributed by atoms with Crippen LogP contribution in [0.4, 0.5) is 0 Å². The third-order valence-electron chi connectivity index (χ3n) is 3.37. The molecule has 5 heteroatoms. The van der Waals surface area contributed by atoms with Crippen molar-refractivity contribution in [2.75, 3.05) is 6.79 Å². The smallest absolute Gasteiger partial charge is 0.231 e. The summed E-state index contributed by atoms with van der Waals surface area (Å²) in [6.45, 7) is 5.15. The molecule has 0 bridgehead atoms. The van der Waals surface area contributed by atoms with Crippen LogP contribution < -0.4 is 15.2 Å². The second-order valence-corrected chi connectivity index (χ2v) is 4.63. The van der Waals surface area contributed by atoms with Crippen molar-refractivity contribution in [2.24, 2.45) is 5.73 Å². The Morgan fingerprint density at radius 1 is 1.39 bits per heavy atom. The van der Waals surface area contributed by atoms with E-state index in [1.807, 2.05) is 19.1 Å². The van der Waals surface area contributed by atoms with Crippen molar-refractivity contribution in [1.82, 2.24) is 9.55 Å². The first-order valence-corrected chi connectivity index (χ1v) is 6.21. The van der Waals surface area contributed by atoms with E-state index in [1.165, 1.54) is 0 Å². The van der Waals surface area contributed by atoms with E-state index in [0.29, 0.717) is 0 Å². The molecule has 96 valence electrons. The van der Waals surface area contributed by atoms with Crippen molar-refractivity contribution >= 4 is 11.0 Å². The molecule has 0 saturated heterocycles. The molecule has 1 aromatic carbocycles. The van der Waals surface area contributed by atoms with Crippen LogP contribution in [-0.2, 0) is 6.54 Å². The molecule has 0 fully saturated rings. The van der Waals surface area contributed by atoms with Crippen LogP contribution >= 0.6 is 0 Å². The number of rotatable bonds is 3. The fraction of sp³-hybridized carbons (Fsp3) is 0.462. The number of hydrogen-bond donors (Lipinski definition) is 1. The van der Waals surface area contributed by atoms with Crippen LogP contribution in [0, 0.1) is 6.92 Å². The molecule has 1 aromatic heterocycles. The second-order valence-electron chi connectivity index (χ2n) is 4.63. The minimum Gasteiger partial charge on any atom is -0.454 e. The van der Waals surface area contributed by atoms with Crippen molar-refractivity contribution in [3.63, 3.8) is 0 Å². The lowest BCUT2D eigenvalue weighted by Crippen LogP contribution is -2.25. The summed E-state index contributed by atoms with van der Waals surface area (Å²) in [4.78, 5) is 4.55. The molecule has 0 amide bonds. The summed E-state index contributed by atoms with van der Waals surface area (Å²) in [7, 11) is 0. The zero-order valence-electron chi connectivity index (χ0n) is 10.6. The van der Waals surface area contributed by atoms with Crippen molar-refractivity contribution in [3.8, 4) is 11.5 Å². The van der Waals surface area contributed by atoms with Crippen LogP contribution in [0.15, 0.2) is 12.1 Å². The summed E-state index contributed by atoms with van der Waals surface area (Å²) >= 11 is 0. The van der Waals surface area contributed by atoms with Gasteiger partial charge < -0.3 is 19.8 Å². The fourth-order valence-corrected chi connectivity index (χ4v) is 2.23. The number of benzene rings is 1. The van der Waals surface area contributed by atoms with Gasteiger partial charge >= 0.3 is 0 Å². The summed E-state index contributed by atoms with van der Waals surface area (Å²) in [5.74, 6) is 2.53. The zero-order chi connectivity index (χ0) is 12.7. The maximum absolute atomic E-state index is 6.03. The Balaban J connectivity index is 2.10. The Bertz CT molecular complexity index is 591. The monoisotopic (exact) mass is 247 g/mol. The number of nitrogens with two attached hydrogens (primary N) is 1. The van der Waals surface area contributed by atoms with Gasteiger partial charge in [-0.25, -0.2) is 4.98 Å². The molecule has 18 heavy (non-hydrogen) atoms. The maximum Gasteiger partial charge on any atom is 0.231 e. The molecule has 2 aromatic rings. The standard InChI is InChI=1S/C13H17N3O2/c1-3-9(14)6-16-8(2)15-10-4-12-13(5-11(10)16)18-7-17-12/h4-5,9H,3,6-7,14H2,1-2H3. The van der Waals surface area contributed by atoms with Crippen molar-refractivity contribution < 1.29 is 9.47 Å². The Morgan fingerprint density at radius 2 is 2.11 bits per heavy atom. The van der Waals surface area contributed by atoms with Gasteiger partial charge in [0, 0.05) is 24.7 Å². The van der Waals surface area contributed by atoms with Crippen LogP contribution in [0.25, 0.3) is 11.0 Å². The SMILES string of the molecule is CCC(N)Cn1c(C)nc2cc3c(cc21)OCO3. The molecule has 5 nitrogen and oxygen atoms in total. The Kier molecular flexibility index (Phi) is 2.63. The average molecular weight is 247 g/mol. The third-order valence-corrected chi connectivity index (χ3v) is 3.37. The average Bonchev–Trinajstić information content (AvgIpc) is 2.91. The molecule has 0 saturated carbocycles. The summed E-state index contributed by atoms with van der Waals surface area (Å²) in [5.41, 5.74) is 8.02. The number of hydrogen-bond acceptors (Lipinski definition) is 4. The van der Waals surface area contributed by atoms with Crippen LogP contribution in [0.1, 0.15) is 19.2 Å². The van der Waals surface area contributed by atoms with E-state index < -0.39 is 0 Å². The highest BCUT2D eigenvalue weighted by Crippen LogP contribution is 2.36. The number of fused-ring (bicyclic) bond motifs is 2. The van der Waals surface area contributed by atoms with Gasteiger partial charge in [-0.15, -0.1) is 0 Å². The first-order valence-electron chi connectivity index (χ1n) is 6.21. The highest BCUT2D eigenvalue weighted by atomic mass is 16.7. The number of aromatic nitrogens is 2. The minimum atomic E-state index is 0.145. The third kappa shape index (κ3) is 1.71. The Morgan fingerprint density at radius 3 is 2.83 bits per heavy atom. The lowest BCUT2D eigenvalue weighted by Gasteiger charge is -2.12. The van der Waals surface area contributed by atoms with E-state index in [2.05, 4.69) is 16.5 Å². The number of imidazole rings is 1. The number of aryl methyl sites for hydroxylation is 1. The molecule has 2 N–H and O–H groups in total. The molecule has 1 aliphatic heterocycles. The maximum atomic E-state index is 6.03. The molecule has 3 rings (SSSR count). The largest absolute Gasteiger partial charge is 0.454 e. The lowest BCUT2D eigenvalue weighted by molar-refractivity contribution is 0.174. The van der Waals surface area contributed by atoms with Crippen LogP contribution in [-0.4, -0.2) is 22.4 Å². The fourth-order valence-electron chi connectivity index (χ4n) is 2.23. The minimum absolute atomic E-state index is 0.145. The quantitative estimate of drug-likeness (QED) is 0.898. The topological polar surface area (TPSA) is 62.3 Å². The zero-order valence-corrected chi connectivity index (χ0v) is 10.6. The van der Waals surface area contributed by atoms with Gasteiger partial charge in [0.2, 0.25) is 6.79 Å². The van der Waals surface area contributed by atoms with Crippen LogP contribution in [0.2, 0.25) is 0 Å². The van der Waals surface area contributed by atoms with E-state index in [0.717, 1.165) is 41.3 Å². The van der Waals surface area contributed by atoms with E-state index in [4.69, 9.17) is 15.2 Å². The molecular weight excluding hydrogens is 230 g/mol. The molecule has 1 aliphatic rings. The summed E-state index contributed by atoms with van der Waals surface area (Å²) < 4.78 is 12.9.